The summed E-state index contributed by atoms with van der Waals surface area (Å²) in [6.07, 6.45) is 1.71. The van der Waals surface area contributed by atoms with Crippen LogP contribution in [0.4, 0.5) is 0 Å². The van der Waals surface area contributed by atoms with E-state index >= 15 is 0 Å². The van der Waals surface area contributed by atoms with Gasteiger partial charge in [0.25, 0.3) is 0 Å². The molecule has 1 fully saturated rings. The lowest BCUT2D eigenvalue weighted by molar-refractivity contribution is -0.150. The zero-order valence-electron chi connectivity index (χ0n) is 10.3. The maximum atomic E-state index is 11.7. The molecule has 0 saturated heterocycles. The topological polar surface area (TPSA) is 57.6 Å². The smallest absolute Gasteiger partial charge is 0.331 e. The molecule has 1 N–H and O–H groups in total. The third-order valence-electron chi connectivity index (χ3n) is 3.07. The Kier molecular flexibility index (Phi) is 4.16. The highest BCUT2D eigenvalue weighted by Crippen LogP contribution is 2.37. The van der Waals surface area contributed by atoms with Gasteiger partial charge < -0.3 is 10.0 Å². The SMILES string of the molecule is CC(=O)N(C1CC1)C(C(=O)O)c1ccc(Cl)cc1Br. The van der Waals surface area contributed by atoms with E-state index in [-0.39, 0.29) is 11.9 Å². The Morgan fingerprint density at radius 3 is 2.53 bits per heavy atom. The van der Waals surface area contributed by atoms with Gasteiger partial charge in [-0.3, -0.25) is 4.79 Å². The highest BCUT2D eigenvalue weighted by molar-refractivity contribution is 9.10. The fourth-order valence-electron chi connectivity index (χ4n) is 2.13. The van der Waals surface area contributed by atoms with Gasteiger partial charge in [0.1, 0.15) is 0 Å². The van der Waals surface area contributed by atoms with Crippen LogP contribution in [0.15, 0.2) is 22.7 Å². The molecule has 4 nitrogen and oxygen atoms in total. The summed E-state index contributed by atoms with van der Waals surface area (Å²) in [6, 6.07) is 3.96. The molecule has 1 aliphatic rings. The van der Waals surface area contributed by atoms with Gasteiger partial charge in [-0.15, -0.1) is 0 Å². The number of nitrogens with zero attached hydrogens (tertiary/aromatic N) is 1. The molecule has 1 saturated carbocycles. The molecule has 1 atom stereocenters. The Balaban J connectivity index is 2.44. The summed E-state index contributed by atoms with van der Waals surface area (Å²) >= 11 is 9.18. The summed E-state index contributed by atoms with van der Waals surface area (Å²) in [6.45, 7) is 1.40. The summed E-state index contributed by atoms with van der Waals surface area (Å²) in [7, 11) is 0. The average molecular weight is 347 g/mol. The molecule has 0 spiro atoms. The summed E-state index contributed by atoms with van der Waals surface area (Å²) in [5.74, 6) is -1.26. The van der Waals surface area contributed by atoms with Crippen LogP contribution in [0.2, 0.25) is 5.02 Å². The molecule has 6 heteroatoms. The number of carboxylic acids is 1. The minimum absolute atomic E-state index is 0.0289. The fourth-order valence-corrected chi connectivity index (χ4v) is 3.03. The number of carbonyl (C=O) groups excluding carboxylic acids is 1. The van der Waals surface area contributed by atoms with Gasteiger partial charge in [-0.25, -0.2) is 4.79 Å². The molecule has 0 aromatic heterocycles. The van der Waals surface area contributed by atoms with Crippen LogP contribution >= 0.6 is 27.5 Å². The Labute approximate surface area is 124 Å². The molecule has 0 heterocycles. The molecule has 19 heavy (non-hydrogen) atoms. The third kappa shape index (κ3) is 3.09. The second-order valence-corrected chi connectivity index (χ2v) is 5.85. The fraction of sp³-hybridized carbons (Fsp3) is 0.385. The van der Waals surface area contributed by atoms with Gasteiger partial charge in [-0.05, 0) is 25.0 Å². The Hall–Kier alpha value is -1.07. The molecule has 0 radical (unpaired) electrons. The van der Waals surface area contributed by atoms with Crippen molar-refractivity contribution in [3.63, 3.8) is 0 Å². The van der Waals surface area contributed by atoms with E-state index in [0.717, 1.165) is 12.8 Å². The lowest BCUT2D eigenvalue weighted by Crippen LogP contribution is -2.39. The van der Waals surface area contributed by atoms with Gasteiger partial charge in [0.05, 0.1) is 0 Å². The predicted molar refractivity (Wildman–Crippen MR) is 75.1 cm³/mol. The molecule has 0 aliphatic heterocycles. The van der Waals surface area contributed by atoms with Gasteiger partial charge >= 0.3 is 5.97 Å². The van der Waals surface area contributed by atoms with E-state index in [1.807, 2.05) is 0 Å². The maximum absolute atomic E-state index is 11.7. The molecular formula is C13H13BrClNO3. The first-order valence-corrected chi connectivity index (χ1v) is 7.05. The predicted octanol–water partition coefficient (Wildman–Crippen LogP) is 3.24. The highest BCUT2D eigenvalue weighted by Gasteiger charge is 2.40. The number of rotatable bonds is 4. The minimum Gasteiger partial charge on any atom is -0.479 e. The molecule has 102 valence electrons. The van der Waals surface area contributed by atoms with Crippen molar-refractivity contribution in [1.82, 2.24) is 4.90 Å². The molecule has 1 amide bonds. The van der Waals surface area contributed by atoms with Crippen molar-refractivity contribution >= 4 is 39.4 Å². The van der Waals surface area contributed by atoms with Crippen molar-refractivity contribution in [3.8, 4) is 0 Å². The van der Waals surface area contributed by atoms with Crippen LogP contribution in [0.1, 0.15) is 31.4 Å². The molecule has 2 rings (SSSR count). The molecule has 1 aromatic rings. The zero-order valence-corrected chi connectivity index (χ0v) is 12.6. The molecule has 1 unspecified atom stereocenters. The highest BCUT2D eigenvalue weighted by atomic mass is 79.9. The van der Waals surface area contributed by atoms with E-state index in [2.05, 4.69) is 15.9 Å². The Bertz CT molecular complexity index is 531. The lowest BCUT2D eigenvalue weighted by atomic mass is 10.0. The number of benzene rings is 1. The van der Waals surface area contributed by atoms with Crippen LogP contribution in [0.25, 0.3) is 0 Å². The van der Waals surface area contributed by atoms with Crippen LogP contribution in [0.3, 0.4) is 0 Å². The minimum atomic E-state index is -1.04. The summed E-state index contributed by atoms with van der Waals surface area (Å²) < 4.78 is 0.597. The monoisotopic (exact) mass is 345 g/mol. The van der Waals surface area contributed by atoms with Gasteiger partial charge in [-0.1, -0.05) is 33.6 Å². The van der Waals surface area contributed by atoms with Gasteiger partial charge in [0.15, 0.2) is 6.04 Å². The molecule has 1 aliphatic carbocycles. The van der Waals surface area contributed by atoms with Gasteiger partial charge in [0.2, 0.25) is 5.91 Å². The van der Waals surface area contributed by atoms with Crippen LogP contribution in [-0.4, -0.2) is 27.9 Å². The van der Waals surface area contributed by atoms with Crippen LogP contribution in [-0.2, 0) is 9.59 Å². The number of hydrogen-bond donors (Lipinski definition) is 1. The standard InChI is InChI=1S/C13H13BrClNO3/c1-7(17)16(9-3-4-9)12(13(18)19)10-5-2-8(15)6-11(10)14/h2,5-6,9,12H,3-4H2,1H3,(H,18,19). The van der Waals surface area contributed by atoms with Gasteiger partial charge in [-0.2, -0.15) is 0 Å². The van der Waals surface area contributed by atoms with Crippen molar-refractivity contribution in [3.05, 3.63) is 33.3 Å². The summed E-state index contributed by atoms with van der Waals surface area (Å²) in [5.41, 5.74) is 0.541. The molecule has 0 bridgehead atoms. The number of halogens is 2. The number of amides is 1. The Morgan fingerprint density at radius 1 is 1.47 bits per heavy atom. The van der Waals surface area contributed by atoms with Crippen LogP contribution in [0.5, 0.6) is 0 Å². The van der Waals surface area contributed by atoms with Crippen LogP contribution in [0, 0.1) is 0 Å². The number of hydrogen-bond acceptors (Lipinski definition) is 2. The van der Waals surface area contributed by atoms with E-state index in [1.54, 1.807) is 18.2 Å². The van der Waals surface area contributed by atoms with Crippen molar-refractivity contribution in [2.75, 3.05) is 0 Å². The van der Waals surface area contributed by atoms with Crippen molar-refractivity contribution < 1.29 is 14.7 Å². The maximum Gasteiger partial charge on any atom is 0.331 e. The van der Waals surface area contributed by atoms with E-state index in [9.17, 15) is 14.7 Å². The van der Waals surface area contributed by atoms with E-state index in [0.29, 0.717) is 15.1 Å². The second kappa shape index (κ2) is 5.51. The molecular weight excluding hydrogens is 334 g/mol. The normalized spacial score (nSPS) is 15.9. The Morgan fingerprint density at radius 2 is 2.11 bits per heavy atom. The second-order valence-electron chi connectivity index (χ2n) is 4.56. The number of carbonyl (C=O) groups is 2. The number of carboxylic acid groups (broad SMARTS) is 1. The van der Waals surface area contributed by atoms with E-state index in [4.69, 9.17) is 11.6 Å². The quantitative estimate of drug-likeness (QED) is 0.910. The summed E-state index contributed by atoms with van der Waals surface area (Å²) in [4.78, 5) is 24.8. The summed E-state index contributed by atoms with van der Waals surface area (Å²) in [5, 5.41) is 9.98. The van der Waals surface area contributed by atoms with Crippen LogP contribution < -0.4 is 0 Å². The largest absolute Gasteiger partial charge is 0.479 e. The molecule has 1 aromatic carbocycles. The first-order chi connectivity index (χ1) is 8.91. The van der Waals surface area contributed by atoms with E-state index in [1.165, 1.54) is 11.8 Å². The van der Waals surface area contributed by atoms with Gasteiger partial charge in [0, 0.05) is 28.0 Å². The van der Waals surface area contributed by atoms with E-state index < -0.39 is 12.0 Å². The van der Waals surface area contributed by atoms with Crippen molar-refractivity contribution in [2.24, 2.45) is 0 Å². The lowest BCUT2D eigenvalue weighted by Gasteiger charge is -2.29. The van der Waals surface area contributed by atoms with Crippen molar-refractivity contribution in [1.29, 1.82) is 0 Å². The van der Waals surface area contributed by atoms with Crippen molar-refractivity contribution in [2.45, 2.75) is 31.8 Å². The third-order valence-corrected chi connectivity index (χ3v) is 3.99. The first-order valence-electron chi connectivity index (χ1n) is 5.88. The average Bonchev–Trinajstić information content (AvgIpc) is 3.10. The number of aliphatic carboxylic acids is 1. The zero-order chi connectivity index (χ0) is 14.2. The first kappa shape index (κ1) is 14.3.